The van der Waals surface area contributed by atoms with Gasteiger partial charge in [0.05, 0.1) is 5.69 Å². The highest BCUT2D eigenvalue weighted by Gasteiger charge is 2.26. The molecule has 0 fully saturated rings. The number of rotatable bonds is 5. The zero-order valence-electron chi connectivity index (χ0n) is 12.0. The number of hydrogen-bond donors (Lipinski definition) is 0. The van der Waals surface area contributed by atoms with E-state index in [2.05, 4.69) is 12.5 Å². The first-order valence-corrected chi connectivity index (χ1v) is 6.74. The molecule has 1 atom stereocenters. The monoisotopic (exact) mass is 283 g/mol. The molecule has 1 unspecified atom stereocenters. The quantitative estimate of drug-likeness (QED) is 0.474. The number of anilines is 1. The second-order valence-corrected chi connectivity index (χ2v) is 4.94. The van der Waals surface area contributed by atoms with Gasteiger partial charge in [0.1, 0.15) is 5.75 Å². The van der Waals surface area contributed by atoms with E-state index in [1.54, 1.807) is 36.1 Å². The Morgan fingerprint density at radius 1 is 1.62 bits per heavy atom. The number of carbonyl (C=O) groups is 2. The topological polar surface area (TPSA) is 46.6 Å². The Kier molecular flexibility index (Phi) is 4.44. The van der Waals surface area contributed by atoms with E-state index >= 15 is 0 Å². The van der Waals surface area contributed by atoms with Crippen molar-refractivity contribution in [3.8, 4) is 18.1 Å². The van der Waals surface area contributed by atoms with E-state index in [-0.39, 0.29) is 24.2 Å². The molecule has 1 aliphatic rings. The van der Waals surface area contributed by atoms with Gasteiger partial charge in [-0.1, -0.05) is 13.0 Å². The van der Waals surface area contributed by atoms with Gasteiger partial charge >= 0.3 is 0 Å². The molecule has 4 nitrogen and oxygen atoms in total. The van der Waals surface area contributed by atoms with Gasteiger partial charge in [0, 0.05) is 24.4 Å². The number of carbonyl (C=O) groups excluding carboxylic acids is 2. The number of Topliss-reactive ketones (excluding diaryl/α,β-unsaturated/α-hetero) is 1. The van der Waals surface area contributed by atoms with Crippen LogP contribution >= 0.6 is 0 Å². The normalized spacial score (nSPS) is 14.7. The van der Waals surface area contributed by atoms with E-state index in [9.17, 15) is 9.59 Å². The third-order valence-electron chi connectivity index (χ3n) is 3.37. The second kappa shape index (κ2) is 6.27. The lowest BCUT2D eigenvalue weighted by molar-refractivity contribution is -0.121. The van der Waals surface area contributed by atoms with E-state index in [1.807, 2.05) is 0 Å². The van der Waals surface area contributed by atoms with Crippen molar-refractivity contribution in [2.45, 2.75) is 13.3 Å². The molecule has 1 amide bonds. The molecule has 0 saturated carbocycles. The molecule has 4 heteroatoms. The van der Waals surface area contributed by atoms with Crippen LogP contribution in [0.4, 0.5) is 5.69 Å². The minimum absolute atomic E-state index is 0.00162. The molecular formula is C17H17NO3. The number of amides is 1. The Hall–Kier alpha value is -2.54. The van der Waals surface area contributed by atoms with Crippen LogP contribution in [-0.2, 0) is 4.79 Å². The summed E-state index contributed by atoms with van der Waals surface area (Å²) in [5, 5.41) is 0. The number of ketones is 1. The first kappa shape index (κ1) is 14.9. The fraction of sp³-hybridized carbons (Fsp3) is 0.294. The molecule has 1 aliphatic heterocycles. The summed E-state index contributed by atoms with van der Waals surface area (Å²) < 4.78 is 5.39. The highest BCUT2D eigenvalue weighted by Crippen LogP contribution is 2.33. The maximum absolute atomic E-state index is 12.3. The second-order valence-electron chi connectivity index (χ2n) is 4.94. The fourth-order valence-electron chi connectivity index (χ4n) is 2.24. The van der Waals surface area contributed by atoms with Crippen molar-refractivity contribution >= 4 is 17.4 Å². The van der Waals surface area contributed by atoms with Gasteiger partial charge in [0.2, 0.25) is 0 Å². The molecule has 0 radical (unpaired) electrons. The number of ether oxygens (including phenoxy) is 1. The fourth-order valence-corrected chi connectivity index (χ4v) is 2.24. The first-order chi connectivity index (χ1) is 10.1. The minimum atomic E-state index is -0.249. The Labute approximate surface area is 124 Å². The van der Waals surface area contributed by atoms with Gasteiger partial charge < -0.3 is 9.64 Å². The van der Waals surface area contributed by atoms with E-state index in [0.29, 0.717) is 30.0 Å². The number of benzene rings is 1. The summed E-state index contributed by atoms with van der Waals surface area (Å²) in [6.45, 7) is 5.83. The average molecular weight is 283 g/mol. The number of hydrogen-bond acceptors (Lipinski definition) is 3. The van der Waals surface area contributed by atoms with Gasteiger partial charge in [0.25, 0.3) is 5.91 Å². The van der Waals surface area contributed by atoms with Crippen molar-refractivity contribution in [2.24, 2.45) is 5.92 Å². The van der Waals surface area contributed by atoms with Crippen LogP contribution in [-0.4, -0.2) is 24.8 Å². The average Bonchev–Trinajstić information content (AvgIpc) is 2.49. The molecule has 108 valence electrons. The lowest BCUT2D eigenvalue weighted by Gasteiger charge is -2.29. The third-order valence-corrected chi connectivity index (χ3v) is 3.37. The smallest absolute Gasteiger partial charge is 0.265 e. The van der Waals surface area contributed by atoms with E-state index in [1.165, 1.54) is 0 Å². The van der Waals surface area contributed by atoms with Crippen LogP contribution in [0.3, 0.4) is 0 Å². The summed E-state index contributed by atoms with van der Waals surface area (Å²) in [7, 11) is 0. The van der Waals surface area contributed by atoms with Crippen LogP contribution in [0.25, 0.3) is 0 Å². The zero-order chi connectivity index (χ0) is 15.4. The van der Waals surface area contributed by atoms with Crippen LogP contribution in [0.1, 0.15) is 23.7 Å². The van der Waals surface area contributed by atoms with Crippen LogP contribution in [0.5, 0.6) is 5.75 Å². The summed E-state index contributed by atoms with van der Waals surface area (Å²) in [5.74, 6) is 2.66. The summed E-state index contributed by atoms with van der Waals surface area (Å²) in [5.41, 5.74) is 1.13. The third kappa shape index (κ3) is 2.97. The van der Waals surface area contributed by atoms with Crippen molar-refractivity contribution < 1.29 is 14.3 Å². The molecule has 2 rings (SSSR count). The summed E-state index contributed by atoms with van der Waals surface area (Å²) >= 11 is 0. The van der Waals surface area contributed by atoms with Crippen molar-refractivity contribution in [2.75, 3.05) is 18.1 Å². The molecule has 21 heavy (non-hydrogen) atoms. The van der Waals surface area contributed by atoms with E-state index in [0.717, 1.165) is 0 Å². The molecule has 0 N–H and O–H groups in total. The van der Waals surface area contributed by atoms with Crippen LogP contribution in [0, 0.1) is 18.3 Å². The largest absolute Gasteiger partial charge is 0.482 e. The van der Waals surface area contributed by atoms with Crippen LogP contribution < -0.4 is 9.64 Å². The summed E-state index contributed by atoms with van der Waals surface area (Å²) in [4.78, 5) is 25.8. The van der Waals surface area contributed by atoms with Crippen LogP contribution in [0.15, 0.2) is 30.9 Å². The van der Waals surface area contributed by atoms with E-state index in [4.69, 9.17) is 11.2 Å². The molecule has 0 aromatic heterocycles. The lowest BCUT2D eigenvalue weighted by Crippen LogP contribution is -2.39. The number of nitrogens with zero attached hydrogens (tertiary/aromatic N) is 1. The lowest BCUT2D eigenvalue weighted by atomic mass is 9.96. The van der Waals surface area contributed by atoms with Gasteiger partial charge in [-0.25, -0.2) is 0 Å². The Balaban J connectivity index is 2.37. The Morgan fingerprint density at radius 2 is 2.38 bits per heavy atom. The molecule has 0 saturated heterocycles. The van der Waals surface area contributed by atoms with E-state index < -0.39 is 0 Å². The number of fused-ring (bicyclic) bond motifs is 1. The predicted octanol–water partition coefficient (Wildman–Crippen LogP) is 2.44. The molecule has 1 heterocycles. The Morgan fingerprint density at radius 3 is 3.05 bits per heavy atom. The maximum atomic E-state index is 12.3. The number of terminal acetylenes is 1. The van der Waals surface area contributed by atoms with Crippen LogP contribution in [0.2, 0.25) is 0 Å². The van der Waals surface area contributed by atoms with Crippen molar-refractivity contribution in [3.63, 3.8) is 0 Å². The predicted molar refractivity (Wildman–Crippen MR) is 81.4 cm³/mol. The van der Waals surface area contributed by atoms with Crippen molar-refractivity contribution in [1.29, 1.82) is 0 Å². The molecule has 0 bridgehead atoms. The Bertz CT molecular complexity index is 627. The highest BCUT2D eigenvalue weighted by molar-refractivity contribution is 6.02. The maximum Gasteiger partial charge on any atom is 0.265 e. The molecule has 1 aromatic carbocycles. The van der Waals surface area contributed by atoms with Gasteiger partial charge in [-0.05, 0) is 18.2 Å². The molecule has 0 aliphatic carbocycles. The van der Waals surface area contributed by atoms with Crippen molar-refractivity contribution in [1.82, 2.24) is 0 Å². The van der Waals surface area contributed by atoms with Crippen molar-refractivity contribution in [3.05, 3.63) is 36.4 Å². The molecule has 0 spiro atoms. The van der Waals surface area contributed by atoms with Gasteiger partial charge in [-0.3, -0.25) is 9.59 Å². The summed E-state index contributed by atoms with van der Waals surface area (Å²) in [6, 6.07) is 5.11. The molecular weight excluding hydrogens is 266 g/mol. The van der Waals surface area contributed by atoms with Gasteiger partial charge in [-0.15, -0.1) is 18.9 Å². The van der Waals surface area contributed by atoms with Gasteiger partial charge in [-0.2, -0.15) is 0 Å². The minimum Gasteiger partial charge on any atom is -0.482 e. The summed E-state index contributed by atoms with van der Waals surface area (Å²) in [6.07, 6.45) is 7.28. The highest BCUT2D eigenvalue weighted by atomic mass is 16.5. The SMILES string of the molecule is C#CCC(C)C(=O)c1ccc2c(c1)N(CC=C)C(=O)CO2. The first-order valence-electron chi connectivity index (χ1n) is 6.74. The molecule has 1 aromatic rings. The van der Waals surface area contributed by atoms with Gasteiger partial charge in [0.15, 0.2) is 12.4 Å². The zero-order valence-corrected chi connectivity index (χ0v) is 12.0. The standard InChI is InChI=1S/C17H17NO3/c1-4-6-12(3)17(20)13-7-8-15-14(10-13)18(9-5-2)16(19)11-21-15/h1,5,7-8,10,12H,2,6,9,11H2,3H3.